The van der Waals surface area contributed by atoms with E-state index in [1.807, 2.05) is 27.9 Å². The van der Waals surface area contributed by atoms with Crippen molar-refractivity contribution in [1.29, 1.82) is 0 Å². The average molecular weight is 201 g/mol. The first-order valence-electron chi connectivity index (χ1n) is 5.06. The molecule has 0 aliphatic rings. The molecule has 0 aliphatic heterocycles. The molecule has 0 aromatic heterocycles. The van der Waals surface area contributed by atoms with Crippen molar-refractivity contribution in [3.05, 3.63) is 0 Å². The molecule has 0 aliphatic carbocycles. The van der Waals surface area contributed by atoms with Gasteiger partial charge >= 0.3 is 0 Å². The summed E-state index contributed by atoms with van der Waals surface area (Å²) in [6.07, 6.45) is 0. The summed E-state index contributed by atoms with van der Waals surface area (Å²) in [6.45, 7) is 7.09. The summed E-state index contributed by atoms with van der Waals surface area (Å²) in [5, 5.41) is 0. The minimum Gasteiger partial charge on any atom is -0.387 e. The van der Waals surface area contributed by atoms with Crippen LogP contribution in [0.1, 0.15) is 13.8 Å². The molecule has 0 spiro atoms. The van der Waals surface area contributed by atoms with Gasteiger partial charge in [0.05, 0.1) is 25.6 Å². The Morgan fingerprint density at radius 2 is 2.00 bits per heavy atom. The molecule has 4 nitrogen and oxygen atoms in total. The third-order valence-corrected chi connectivity index (χ3v) is 1.80. The lowest BCUT2D eigenvalue weighted by Crippen LogP contribution is -2.21. The number of nitrogens with zero attached hydrogens (tertiary/aromatic N) is 2. The van der Waals surface area contributed by atoms with Crippen LogP contribution in [0.3, 0.4) is 0 Å². The normalized spacial score (nSPS) is 12.9. The molecule has 2 N–H and O–H groups in total. The first-order valence-corrected chi connectivity index (χ1v) is 5.06. The Bertz CT molecular complexity index is 167. The maximum atomic E-state index is 5.67. The number of amidine groups is 1. The fraction of sp³-hybridized carbons (Fsp3) is 0.900. The third kappa shape index (κ3) is 8.01. The van der Waals surface area contributed by atoms with Gasteiger partial charge in [0.15, 0.2) is 0 Å². The van der Waals surface area contributed by atoms with Gasteiger partial charge in [0.1, 0.15) is 0 Å². The first kappa shape index (κ1) is 13.4. The summed E-state index contributed by atoms with van der Waals surface area (Å²) >= 11 is 0. The van der Waals surface area contributed by atoms with Crippen LogP contribution in [0.25, 0.3) is 0 Å². The third-order valence-electron chi connectivity index (χ3n) is 1.80. The van der Waals surface area contributed by atoms with E-state index in [4.69, 9.17) is 10.5 Å². The highest BCUT2D eigenvalue weighted by Gasteiger charge is 1.97. The van der Waals surface area contributed by atoms with Crippen LogP contribution in [0, 0.1) is 5.92 Å². The van der Waals surface area contributed by atoms with E-state index in [2.05, 4.69) is 9.89 Å². The fourth-order valence-electron chi connectivity index (χ4n) is 0.771. The molecule has 0 fully saturated rings. The summed E-state index contributed by atoms with van der Waals surface area (Å²) in [6, 6.07) is 0. The van der Waals surface area contributed by atoms with Crippen molar-refractivity contribution in [1.82, 2.24) is 4.90 Å². The minimum absolute atomic E-state index is 0.330. The predicted octanol–water partition coefficient (Wildman–Crippen LogP) is 0.578. The van der Waals surface area contributed by atoms with Crippen LogP contribution >= 0.6 is 0 Å². The lowest BCUT2D eigenvalue weighted by molar-refractivity contribution is 0.124. The molecule has 0 radical (unpaired) electrons. The molecule has 84 valence electrons. The van der Waals surface area contributed by atoms with Crippen molar-refractivity contribution in [3.8, 4) is 0 Å². The maximum absolute atomic E-state index is 5.67. The van der Waals surface area contributed by atoms with Gasteiger partial charge in [-0.25, -0.2) is 0 Å². The largest absolute Gasteiger partial charge is 0.387 e. The molecule has 0 saturated heterocycles. The van der Waals surface area contributed by atoms with E-state index in [1.54, 1.807) is 0 Å². The molecular formula is C10H23N3O. The Morgan fingerprint density at radius 3 is 2.50 bits per heavy atom. The highest BCUT2D eigenvalue weighted by Crippen LogP contribution is 1.91. The van der Waals surface area contributed by atoms with Crippen LogP contribution in [0.5, 0.6) is 0 Å². The molecule has 4 heteroatoms. The molecular weight excluding hydrogens is 178 g/mol. The Hall–Kier alpha value is -0.610. The lowest BCUT2D eigenvalue weighted by Gasteiger charge is -2.09. The van der Waals surface area contributed by atoms with Crippen LogP contribution in [0.15, 0.2) is 4.99 Å². The Kier molecular flexibility index (Phi) is 7.42. The van der Waals surface area contributed by atoms with E-state index in [9.17, 15) is 0 Å². The number of hydrogen-bond donors (Lipinski definition) is 1. The van der Waals surface area contributed by atoms with Gasteiger partial charge in [0.25, 0.3) is 0 Å². The zero-order valence-corrected chi connectivity index (χ0v) is 9.79. The molecule has 0 saturated carbocycles. The van der Waals surface area contributed by atoms with E-state index in [-0.39, 0.29) is 0 Å². The summed E-state index contributed by atoms with van der Waals surface area (Å²) in [4.78, 5) is 6.29. The highest BCUT2D eigenvalue weighted by atomic mass is 16.5. The van der Waals surface area contributed by atoms with E-state index >= 15 is 0 Å². The van der Waals surface area contributed by atoms with Gasteiger partial charge in [0.2, 0.25) is 0 Å². The second-order valence-corrected chi connectivity index (χ2v) is 3.88. The Morgan fingerprint density at radius 1 is 1.36 bits per heavy atom. The van der Waals surface area contributed by atoms with Crippen LogP contribution < -0.4 is 5.73 Å². The smallest absolute Gasteiger partial charge is 0.0963 e. The van der Waals surface area contributed by atoms with E-state index < -0.39 is 0 Å². The molecule has 0 heterocycles. The van der Waals surface area contributed by atoms with Crippen molar-refractivity contribution >= 4 is 5.84 Å². The van der Waals surface area contributed by atoms with Crippen molar-refractivity contribution in [2.75, 3.05) is 40.4 Å². The molecule has 0 rings (SSSR count). The van der Waals surface area contributed by atoms with Crippen LogP contribution in [0.4, 0.5) is 0 Å². The monoisotopic (exact) mass is 201 g/mol. The zero-order chi connectivity index (χ0) is 11.0. The average Bonchev–Trinajstić information content (AvgIpc) is 2.09. The van der Waals surface area contributed by atoms with Crippen molar-refractivity contribution in [2.24, 2.45) is 16.6 Å². The molecule has 0 aromatic carbocycles. The second kappa shape index (κ2) is 7.76. The van der Waals surface area contributed by atoms with Crippen LogP contribution in [-0.2, 0) is 4.74 Å². The van der Waals surface area contributed by atoms with Crippen molar-refractivity contribution < 1.29 is 4.74 Å². The Labute approximate surface area is 87.1 Å². The quantitative estimate of drug-likeness (QED) is 0.372. The number of rotatable bonds is 7. The van der Waals surface area contributed by atoms with Gasteiger partial charge in [-0.05, 0) is 14.1 Å². The lowest BCUT2D eigenvalue weighted by atomic mass is 10.2. The number of nitrogens with two attached hydrogens (primary N) is 1. The van der Waals surface area contributed by atoms with Gasteiger partial charge < -0.3 is 15.4 Å². The van der Waals surface area contributed by atoms with Gasteiger partial charge in [-0.2, -0.15) is 0 Å². The maximum Gasteiger partial charge on any atom is 0.0963 e. The fourth-order valence-corrected chi connectivity index (χ4v) is 0.771. The molecule has 0 bridgehead atoms. The van der Waals surface area contributed by atoms with Gasteiger partial charge in [-0.1, -0.05) is 13.8 Å². The minimum atomic E-state index is 0.330. The first-order chi connectivity index (χ1) is 6.54. The van der Waals surface area contributed by atoms with Gasteiger partial charge in [-0.3, -0.25) is 4.99 Å². The SMILES string of the molecule is CC(C)C(N)=NCCOCCN(C)C. The number of hydrogen-bond acceptors (Lipinski definition) is 3. The van der Waals surface area contributed by atoms with Crippen molar-refractivity contribution in [2.45, 2.75) is 13.8 Å². The van der Waals surface area contributed by atoms with E-state index in [0.29, 0.717) is 24.9 Å². The van der Waals surface area contributed by atoms with Crippen LogP contribution in [-0.4, -0.2) is 51.1 Å². The number of likely N-dealkylation sites (N-methyl/N-ethyl adjacent to an activating group) is 1. The molecule has 0 amide bonds. The van der Waals surface area contributed by atoms with Gasteiger partial charge in [-0.15, -0.1) is 0 Å². The predicted molar refractivity (Wildman–Crippen MR) is 60.7 cm³/mol. The van der Waals surface area contributed by atoms with Crippen LogP contribution in [0.2, 0.25) is 0 Å². The summed E-state index contributed by atoms with van der Waals surface area (Å²) in [5.41, 5.74) is 5.67. The summed E-state index contributed by atoms with van der Waals surface area (Å²) in [5.74, 6) is 1.04. The summed E-state index contributed by atoms with van der Waals surface area (Å²) in [7, 11) is 4.05. The van der Waals surface area contributed by atoms with Crippen molar-refractivity contribution in [3.63, 3.8) is 0 Å². The molecule has 0 unspecified atom stereocenters. The van der Waals surface area contributed by atoms with E-state index in [0.717, 1.165) is 13.2 Å². The van der Waals surface area contributed by atoms with E-state index in [1.165, 1.54) is 0 Å². The molecule has 14 heavy (non-hydrogen) atoms. The molecule has 0 atom stereocenters. The topological polar surface area (TPSA) is 50.9 Å². The molecule has 0 aromatic rings. The second-order valence-electron chi connectivity index (χ2n) is 3.88. The van der Waals surface area contributed by atoms with Gasteiger partial charge in [0, 0.05) is 12.5 Å². The Balaban J connectivity index is 3.33. The number of ether oxygens (including phenoxy) is 1. The zero-order valence-electron chi connectivity index (χ0n) is 9.79. The highest BCUT2D eigenvalue weighted by molar-refractivity contribution is 5.82. The standard InChI is InChI=1S/C10H23N3O/c1-9(2)10(11)12-5-7-14-8-6-13(3)4/h9H,5-8H2,1-4H3,(H2,11,12). The number of aliphatic imine (C=N–C) groups is 1. The summed E-state index contributed by atoms with van der Waals surface area (Å²) < 4.78 is 5.37.